The third kappa shape index (κ3) is 5.86. The number of hydrogen-bond acceptors (Lipinski definition) is 9. The smallest absolute Gasteiger partial charge is 0.410 e. The van der Waals surface area contributed by atoms with Gasteiger partial charge in [0, 0.05) is 43.6 Å². The van der Waals surface area contributed by atoms with E-state index in [-0.39, 0.29) is 48.0 Å². The van der Waals surface area contributed by atoms with E-state index < -0.39 is 5.60 Å². The summed E-state index contributed by atoms with van der Waals surface area (Å²) in [4.78, 5) is 39.0. The third-order valence-electron chi connectivity index (χ3n) is 7.91. The Morgan fingerprint density at radius 1 is 1.12 bits per heavy atom. The summed E-state index contributed by atoms with van der Waals surface area (Å²) in [5.74, 6) is 0.320. The van der Waals surface area contributed by atoms with Gasteiger partial charge >= 0.3 is 6.09 Å². The molecule has 2 saturated heterocycles. The van der Waals surface area contributed by atoms with Crippen LogP contribution in [0.2, 0.25) is 0 Å². The number of fused-ring (bicyclic) bond motifs is 1. The monoisotopic (exact) mass is 563 g/mol. The molecule has 3 aromatic rings. The second kappa shape index (κ2) is 11.3. The van der Waals surface area contributed by atoms with Crippen LogP contribution in [-0.4, -0.2) is 73.9 Å². The quantitative estimate of drug-likeness (QED) is 0.440. The van der Waals surface area contributed by atoms with Crippen LogP contribution in [0.4, 0.5) is 16.3 Å². The Hall–Kier alpha value is -3.73. The number of hydrogen-bond donors (Lipinski definition) is 1. The van der Waals surface area contributed by atoms with Gasteiger partial charge in [-0.25, -0.2) is 19.4 Å². The fourth-order valence-electron chi connectivity index (χ4n) is 5.75. The molecule has 1 unspecified atom stereocenters. The Morgan fingerprint density at radius 3 is 2.61 bits per heavy atom. The van der Waals surface area contributed by atoms with Crippen molar-refractivity contribution in [3.63, 3.8) is 0 Å². The molecule has 2 N–H and O–H groups in total. The van der Waals surface area contributed by atoms with Gasteiger partial charge in [-0.1, -0.05) is 6.07 Å². The van der Waals surface area contributed by atoms with Crippen molar-refractivity contribution in [1.29, 1.82) is 0 Å². The minimum atomic E-state index is -0.575. The van der Waals surface area contributed by atoms with Gasteiger partial charge in [0.2, 0.25) is 0 Å². The maximum atomic E-state index is 13.7. The Bertz CT molecular complexity index is 1440. The van der Waals surface area contributed by atoms with E-state index in [0.29, 0.717) is 18.9 Å². The summed E-state index contributed by atoms with van der Waals surface area (Å²) in [6.45, 7) is 13.2. The van der Waals surface area contributed by atoms with Crippen LogP contribution in [0, 0.1) is 6.92 Å². The van der Waals surface area contributed by atoms with Gasteiger partial charge in [-0.2, -0.15) is 5.10 Å². The summed E-state index contributed by atoms with van der Waals surface area (Å²) in [6.07, 6.45) is 6.01. The molecular weight excluding hydrogens is 522 g/mol. The van der Waals surface area contributed by atoms with Gasteiger partial charge in [0.1, 0.15) is 23.3 Å². The lowest BCUT2D eigenvalue weighted by Crippen LogP contribution is -2.59. The van der Waals surface area contributed by atoms with Crippen molar-refractivity contribution in [3.8, 4) is 0 Å². The number of nitrogens with zero attached hydrogens (tertiary/aromatic N) is 6. The summed E-state index contributed by atoms with van der Waals surface area (Å²) in [5, 5.41) is 5.57. The molecule has 2 aliphatic heterocycles. The molecule has 11 heteroatoms. The van der Waals surface area contributed by atoms with Crippen molar-refractivity contribution in [2.75, 3.05) is 30.3 Å². The van der Waals surface area contributed by atoms with E-state index in [1.54, 1.807) is 4.90 Å². The van der Waals surface area contributed by atoms with E-state index in [0.717, 1.165) is 47.9 Å². The summed E-state index contributed by atoms with van der Waals surface area (Å²) >= 11 is 0. The largest absolute Gasteiger partial charge is 0.444 e. The van der Waals surface area contributed by atoms with Crippen molar-refractivity contribution in [3.05, 3.63) is 41.5 Å². The number of aromatic nitrogens is 4. The first-order valence-electron chi connectivity index (χ1n) is 14.4. The zero-order valence-electron chi connectivity index (χ0n) is 24.9. The first kappa shape index (κ1) is 28.8. The predicted octanol–water partition coefficient (Wildman–Crippen LogP) is 4.68. The molecular formula is C30H41N7O4. The molecule has 2 aromatic heterocycles. The van der Waals surface area contributed by atoms with Crippen LogP contribution in [0.5, 0.6) is 0 Å². The van der Waals surface area contributed by atoms with Gasteiger partial charge in [-0.05, 0) is 78.0 Å². The number of carbonyl (C=O) groups is 2. The standard InChI is InChI=1S/C30H41N7O4/c1-18-10-11-23-22(14-34-37(23)25-9-7-8-12-40-25)21(18)13-24(38)27-26(31)28(33-17-32-27)35-15-20(3)36(16-19(35)2)29(39)41-30(4,5)6/h10-11,14,17,19-20,25H,7-9,12-13,15-16,31H2,1-6H3/t19-,20+,25?/m0/s1. The summed E-state index contributed by atoms with van der Waals surface area (Å²) < 4.78 is 13.5. The molecule has 0 bridgehead atoms. The second-order valence-electron chi connectivity index (χ2n) is 12.2. The van der Waals surface area contributed by atoms with Crippen LogP contribution < -0.4 is 10.6 Å². The molecule has 11 nitrogen and oxygen atoms in total. The van der Waals surface area contributed by atoms with Gasteiger partial charge in [-0.3, -0.25) is 4.79 Å². The third-order valence-corrected chi connectivity index (χ3v) is 7.91. The highest BCUT2D eigenvalue weighted by Crippen LogP contribution is 2.32. The number of nitrogen functional groups attached to an aromatic ring is 1. The minimum absolute atomic E-state index is 0.0901. The number of anilines is 2. The molecule has 0 aliphatic carbocycles. The number of aryl methyl sites for hydroxylation is 1. The van der Waals surface area contributed by atoms with Crippen LogP contribution >= 0.6 is 0 Å². The molecule has 41 heavy (non-hydrogen) atoms. The number of rotatable bonds is 5. The van der Waals surface area contributed by atoms with E-state index in [1.165, 1.54) is 6.33 Å². The van der Waals surface area contributed by atoms with E-state index in [4.69, 9.17) is 15.2 Å². The maximum Gasteiger partial charge on any atom is 0.410 e. The highest BCUT2D eigenvalue weighted by atomic mass is 16.6. The summed E-state index contributed by atoms with van der Waals surface area (Å²) in [5.41, 5.74) is 9.31. The van der Waals surface area contributed by atoms with Gasteiger partial charge < -0.3 is 25.0 Å². The Balaban J connectivity index is 1.37. The molecule has 5 rings (SSSR count). The van der Waals surface area contributed by atoms with E-state index >= 15 is 0 Å². The number of benzene rings is 1. The summed E-state index contributed by atoms with van der Waals surface area (Å²) in [7, 11) is 0. The van der Waals surface area contributed by atoms with Crippen LogP contribution in [0.3, 0.4) is 0 Å². The molecule has 0 saturated carbocycles. The van der Waals surface area contributed by atoms with E-state index in [9.17, 15) is 9.59 Å². The molecule has 1 amide bonds. The average Bonchev–Trinajstić information content (AvgIpc) is 3.35. The normalized spacial score (nSPS) is 21.8. The van der Waals surface area contributed by atoms with Gasteiger partial charge in [0.25, 0.3) is 0 Å². The van der Waals surface area contributed by atoms with Crippen molar-refractivity contribution >= 4 is 34.3 Å². The molecule has 4 heterocycles. The molecule has 220 valence electrons. The molecule has 1 aromatic carbocycles. The zero-order chi connectivity index (χ0) is 29.5. The Morgan fingerprint density at radius 2 is 1.90 bits per heavy atom. The summed E-state index contributed by atoms with van der Waals surface area (Å²) in [6, 6.07) is 3.83. The topological polar surface area (TPSA) is 129 Å². The number of nitrogens with two attached hydrogens (primary N) is 1. The van der Waals surface area contributed by atoms with Crippen molar-refractivity contribution in [2.45, 2.75) is 91.1 Å². The lowest BCUT2D eigenvalue weighted by molar-refractivity contribution is -0.0366. The van der Waals surface area contributed by atoms with Crippen molar-refractivity contribution in [2.24, 2.45) is 0 Å². The van der Waals surface area contributed by atoms with Crippen molar-refractivity contribution < 1.29 is 19.1 Å². The van der Waals surface area contributed by atoms with Crippen molar-refractivity contribution in [1.82, 2.24) is 24.6 Å². The van der Waals surface area contributed by atoms with Gasteiger partial charge in [-0.15, -0.1) is 0 Å². The highest BCUT2D eigenvalue weighted by molar-refractivity contribution is 6.03. The van der Waals surface area contributed by atoms with Crippen LogP contribution in [-0.2, 0) is 15.9 Å². The van der Waals surface area contributed by atoms with Crippen LogP contribution in [0.25, 0.3) is 10.9 Å². The first-order chi connectivity index (χ1) is 19.4. The van der Waals surface area contributed by atoms with E-state index in [1.807, 2.05) is 69.5 Å². The number of ether oxygens (including phenoxy) is 2. The minimum Gasteiger partial charge on any atom is -0.444 e. The fourth-order valence-corrected chi connectivity index (χ4v) is 5.75. The average molecular weight is 564 g/mol. The Labute approximate surface area is 241 Å². The molecule has 3 atom stereocenters. The number of ketones is 1. The Kier molecular flexibility index (Phi) is 7.91. The second-order valence-corrected chi connectivity index (χ2v) is 12.2. The molecule has 0 spiro atoms. The fraction of sp³-hybridized carbons (Fsp3) is 0.567. The maximum absolute atomic E-state index is 13.7. The highest BCUT2D eigenvalue weighted by Gasteiger charge is 2.36. The molecule has 0 radical (unpaired) electrons. The van der Waals surface area contributed by atoms with Gasteiger partial charge in [0.15, 0.2) is 17.8 Å². The van der Waals surface area contributed by atoms with Crippen LogP contribution in [0.15, 0.2) is 24.7 Å². The number of amides is 1. The predicted molar refractivity (Wildman–Crippen MR) is 157 cm³/mol. The number of Topliss-reactive ketones (excluding diaryl/α,β-unsaturated/α-hetero) is 1. The lowest BCUT2D eigenvalue weighted by Gasteiger charge is -2.44. The SMILES string of the molecule is Cc1ccc2c(cnn2C2CCCCO2)c1CC(=O)c1ncnc(N2C[C@@H](C)N(C(=O)OC(C)(C)C)C[C@@H]2C)c1N. The lowest BCUT2D eigenvalue weighted by atomic mass is 9.97. The number of carbonyl (C=O) groups excluding carboxylic acids is 2. The molecule has 2 aliphatic rings. The first-order valence-corrected chi connectivity index (χ1v) is 14.4. The van der Waals surface area contributed by atoms with Crippen LogP contribution in [0.1, 0.15) is 81.7 Å². The molecule has 2 fully saturated rings. The number of piperazine rings is 1. The van der Waals surface area contributed by atoms with Gasteiger partial charge in [0.05, 0.1) is 11.7 Å². The van der Waals surface area contributed by atoms with E-state index in [2.05, 4.69) is 15.1 Å². The zero-order valence-corrected chi connectivity index (χ0v) is 24.9.